The van der Waals surface area contributed by atoms with Crippen LogP contribution in [-0.4, -0.2) is 120 Å². The molecule has 15 nitrogen and oxygen atoms in total. The highest BCUT2D eigenvalue weighted by atomic mass is 16.5. The molecule has 0 radical (unpaired) electrons. The normalized spacial score (nSPS) is 26.1. The van der Waals surface area contributed by atoms with E-state index in [1.54, 1.807) is 26.9 Å². The predicted octanol–water partition coefficient (Wildman–Crippen LogP) is 6.90. The number of ether oxygens (including phenoxy) is 3. The second-order valence-electron chi connectivity index (χ2n) is 18.6. The molecule has 3 saturated carbocycles. The summed E-state index contributed by atoms with van der Waals surface area (Å²) in [5, 5.41) is 22.4. The molecule has 6 N–H and O–H groups in total. The molecular formula is C48H70N12O3. The number of anilines is 4. The van der Waals surface area contributed by atoms with Crippen molar-refractivity contribution in [2.45, 2.75) is 114 Å². The predicted molar refractivity (Wildman–Crippen MR) is 250 cm³/mol. The van der Waals surface area contributed by atoms with Crippen molar-refractivity contribution in [1.29, 1.82) is 0 Å². The van der Waals surface area contributed by atoms with Crippen LogP contribution < -0.4 is 31.9 Å². The van der Waals surface area contributed by atoms with Crippen molar-refractivity contribution in [3.8, 4) is 22.5 Å². The van der Waals surface area contributed by atoms with E-state index in [0.717, 1.165) is 136 Å². The third-order valence-electron chi connectivity index (χ3n) is 13.6. The van der Waals surface area contributed by atoms with Crippen molar-refractivity contribution in [3.63, 3.8) is 0 Å². The van der Waals surface area contributed by atoms with Crippen LogP contribution in [0.15, 0.2) is 61.4 Å². The zero-order valence-electron chi connectivity index (χ0n) is 37.8. The molecule has 5 heterocycles. The van der Waals surface area contributed by atoms with Gasteiger partial charge in [-0.05, 0) is 126 Å². The van der Waals surface area contributed by atoms with E-state index in [-0.39, 0.29) is 0 Å². The lowest BCUT2D eigenvalue weighted by molar-refractivity contribution is 0.0699. The van der Waals surface area contributed by atoms with Crippen LogP contribution in [0.2, 0.25) is 0 Å². The Kier molecular flexibility index (Phi) is 16.0. The number of nitrogens with zero attached hydrogens (tertiary/aromatic N) is 6. The molecule has 1 aliphatic heterocycles. The molecule has 0 spiro atoms. The fourth-order valence-corrected chi connectivity index (χ4v) is 10.2. The number of pyridine rings is 2. The summed E-state index contributed by atoms with van der Waals surface area (Å²) in [7, 11) is 3.54. The maximum Gasteiger partial charge on any atom is 0.130 e. The van der Waals surface area contributed by atoms with Gasteiger partial charge < -0.3 is 46.1 Å². The number of hydrogen-bond donors (Lipinski definition) is 6. The van der Waals surface area contributed by atoms with Crippen molar-refractivity contribution >= 4 is 23.3 Å². The summed E-state index contributed by atoms with van der Waals surface area (Å²) in [5.74, 6) is 5.75. The zero-order valence-corrected chi connectivity index (χ0v) is 37.8. The fraction of sp³-hybridized carbons (Fsp3) is 0.625. The van der Waals surface area contributed by atoms with Crippen LogP contribution in [0.4, 0.5) is 23.3 Å². The van der Waals surface area contributed by atoms with E-state index < -0.39 is 0 Å². The van der Waals surface area contributed by atoms with Gasteiger partial charge in [0.1, 0.15) is 35.9 Å². The average Bonchev–Trinajstić information content (AvgIpc) is 4.09. The maximum absolute atomic E-state index is 5.54. The van der Waals surface area contributed by atoms with Gasteiger partial charge in [-0.1, -0.05) is 0 Å². The maximum atomic E-state index is 5.54. The van der Waals surface area contributed by atoms with E-state index in [1.165, 1.54) is 6.42 Å². The molecule has 4 aromatic rings. The van der Waals surface area contributed by atoms with Crippen LogP contribution >= 0.6 is 0 Å². The minimum atomic E-state index is 0.306. The summed E-state index contributed by atoms with van der Waals surface area (Å²) in [6, 6.07) is 14.8. The number of aromatic nitrogens is 6. The van der Waals surface area contributed by atoms with Gasteiger partial charge in [-0.15, -0.1) is 0 Å². The lowest BCUT2D eigenvalue weighted by Crippen LogP contribution is -2.47. The van der Waals surface area contributed by atoms with Crippen molar-refractivity contribution < 1.29 is 14.2 Å². The van der Waals surface area contributed by atoms with E-state index in [9.17, 15) is 0 Å². The van der Waals surface area contributed by atoms with Gasteiger partial charge in [-0.2, -0.15) is 0 Å². The number of nitrogens with one attached hydrogen (secondary N) is 6. The summed E-state index contributed by atoms with van der Waals surface area (Å²) in [6.45, 7) is 9.31. The minimum absolute atomic E-state index is 0.306. The highest BCUT2D eigenvalue weighted by molar-refractivity contribution is 5.66. The molecule has 0 aromatic carbocycles. The van der Waals surface area contributed by atoms with Crippen molar-refractivity contribution in [2.24, 2.45) is 23.7 Å². The lowest BCUT2D eigenvalue weighted by atomic mass is 9.77. The molecule has 4 aliphatic rings. The SMILES string of the molecule is COC[C@H](C)NC1CCC(Nc2cc(-c3ccnc(NCC4CC4C4C[C@H](N[C@@H](C)COC)CC[C@H]4Nc4cc(-c5ccnc(NCC6CCOCC6)c5)ncn4)c3)ncn2)CC1. The lowest BCUT2D eigenvalue weighted by Gasteiger charge is -2.39. The Morgan fingerprint density at radius 2 is 1.16 bits per heavy atom. The molecule has 4 fully saturated rings. The molecule has 3 aliphatic carbocycles. The molecule has 7 atom stereocenters. The largest absolute Gasteiger partial charge is 0.383 e. The Hall–Kier alpha value is -4.54. The highest BCUT2D eigenvalue weighted by Crippen LogP contribution is 2.50. The quantitative estimate of drug-likeness (QED) is 0.0510. The summed E-state index contributed by atoms with van der Waals surface area (Å²) in [5.41, 5.74) is 3.84. The van der Waals surface area contributed by atoms with Crippen LogP contribution in [0.25, 0.3) is 22.5 Å². The summed E-state index contributed by atoms with van der Waals surface area (Å²) < 4.78 is 16.3. The molecule has 8 rings (SSSR count). The Bertz CT molecular complexity index is 2010. The molecule has 63 heavy (non-hydrogen) atoms. The first kappa shape index (κ1) is 45.0. The fourth-order valence-electron chi connectivity index (χ4n) is 10.2. The Labute approximate surface area is 373 Å². The molecule has 1 saturated heterocycles. The van der Waals surface area contributed by atoms with Crippen LogP contribution in [0.5, 0.6) is 0 Å². The monoisotopic (exact) mass is 863 g/mol. The summed E-state index contributed by atoms with van der Waals surface area (Å²) in [4.78, 5) is 28.0. The first-order valence-corrected chi connectivity index (χ1v) is 23.5. The van der Waals surface area contributed by atoms with Crippen LogP contribution in [0.3, 0.4) is 0 Å². The van der Waals surface area contributed by atoms with Crippen LogP contribution in [0, 0.1) is 23.7 Å². The van der Waals surface area contributed by atoms with Gasteiger partial charge in [-0.25, -0.2) is 29.9 Å². The minimum Gasteiger partial charge on any atom is -0.383 e. The molecule has 3 unspecified atom stereocenters. The molecule has 0 amide bonds. The van der Waals surface area contributed by atoms with Crippen molar-refractivity contribution in [1.82, 2.24) is 40.5 Å². The van der Waals surface area contributed by atoms with Gasteiger partial charge in [0.15, 0.2) is 0 Å². The molecule has 4 aromatic heterocycles. The van der Waals surface area contributed by atoms with Crippen LogP contribution in [0.1, 0.15) is 78.1 Å². The molecule has 0 bridgehead atoms. The van der Waals surface area contributed by atoms with Crippen LogP contribution in [-0.2, 0) is 14.2 Å². The molecule has 340 valence electrons. The number of hydrogen-bond acceptors (Lipinski definition) is 15. The second-order valence-corrected chi connectivity index (χ2v) is 18.6. The molecular weight excluding hydrogens is 793 g/mol. The third-order valence-corrected chi connectivity index (χ3v) is 13.6. The van der Waals surface area contributed by atoms with Gasteiger partial charge >= 0.3 is 0 Å². The van der Waals surface area contributed by atoms with Crippen molar-refractivity contribution in [2.75, 3.05) is 75.0 Å². The van der Waals surface area contributed by atoms with Crippen molar-refractivity contribution in [3.05, 3.63) is 61.4 Å². The summed E-state index contributed by atoms with van der Waals surface area (Å²) in [6.07, 6.45) is 18.2. The van der Waals surface area contributed by atoms with E-state index in [4.69, 9.17) is 24.2 Å². The van der Waals surface area contributed by atoms with Gasteiger partial charge in [-0.3, -0.25) is 0 Å². The first-order valence-electron chi connectivity index (χ1n) is 23.5. The topological polar surface area (TPSA) is 177 Å². The van der Waals surface area contributed by atoms with E-state index >= 15 is 0 Å². The third kappa shape index (κ3) is 13.0. The summed E-state index contributed by atoms with van der Waals surface area (Å²) >= 11 is 0. The molecule has 15 heteroatoms. The Balaban J connectivity index is 0.871. The van der Waals surface area contributed by atoms with Gasteiger partial charge in [0.05, 0.1) is 24.6 Å². The van der Waals surface area contributed by atoms with E-state index in [0.29, 0.717) is 66.5 Å². The van der Waals surface area contributed by atoms with E-state index in [1.807, 2.05) is 24.5 Å². The number of rotatable bonds is 21. The van der Waals surface area contributed by atoms with E-state index in [2.05, 4.69) is 89.9 Å². The highest BCUT2D eigenvalue weighted by Gasteiger charge is 2.48. The Morgan fingerprint density at radius 3 is 1.79 bits per heavy atom. The Morgan fingerprint density at radius 1 is 0.587 bits per heavy atom. The zero-order chi connectivity index (χ0) is 43.4. The number of methoxy groups -OCH3 is 2. The standard InChI is InChI=1S/C48H70N12O3/c1-31(27-61-3)57-37-5-7-38(8-6-37)59-47-23-43(53-29-55-47)35-12-16-50-46(21-35)52-26-36-19-40(36)41-22-39(58-32(2)28-62-4)9-10-42(41)60-48-24-44(54-30-56-48)34-11-15-49-45(20-34)51-25-33-13-17-63-18-14-33/h11-12,15-16,20-21,23-24,29-33,36-42,57-58H,5-10,13-14,17-19,22,25-28H2,1-4H3,(H,49,51)(H,50,52)(H,53,55,59)(H,54,56,60)/t31-,32-,36?,37?,38?,39+,40?,41?,42+/m0/s1. The van der Waals surface area contributed by atoms with Gasteiger partial charge in [0.25, 0.3) is 0 Å². The second kappa shape index (κ2) is 22.4. The smallest absolute Gasteiger partial charge is 0.130 e. The van der Waals surface area contributed by atoms with Gasteiger partial charge in [0, 0.05) is 112 Å². The van der Waals surface area contributed by atoms with Gasteiger partial charge in [0.2, 0.25) is 0 Å². The first-order chi connectivity index (χ1) is 30.9. The average molecular weight is 863 g/mol.